The SMILES string of the molecule is CCCC[C@H]1CC(=O)C=C(C)[C@@H]1C(=O)OCC. The topological polar surface area (TPSA) is 43.4 Å². The summed E-state index contributed by atoms with van der Waals surface area (Å²) < 4.78 is 5.11. The Hall–Kier alpha value is -1.12. The maximum absolute atomic E-state index is 11.9. The van der Waals surface area contributed by atoms with Gasteiger partial charge in [0.1, 0.15) is 0 Å². The van der Waals surface area contributed by atoms with Crippen LogP contribution in [0.4, 0.5) is 0 Å². The number of hydrogen-bond donors (Lipinski definition) is 0. The number of rotatable bonds is 5. The predicted molar refractivity (Wildman–Crippen MR) is 66.5 cm³/mol. The fourth-order valence-electron chi connectivity index (χ4n) is 2.50. The average molecular weight is 238 g/mol. The van der Waals surface area contributed by atoms with Crippen molar-refractivity contribution in [3.63, 3.8) is 0 Å². The number of carbonyl (C=O) groups excluding carboxylic acids is 2. The van der Waals surface area contributed by atoms with Crippen LogP contribution in [-0.2, 0) is 14.3 Å². The molecule has 1 aliphatic carbocycles. The van der Waals surface area contributed by atoms with E-state index in [1.165, 1.54) is 0 Å². The lowest BCUT2D eigenvalue weighted by Crippen LogP contribution is -2.32. The van der Waals surface area contributed by atoms with Crippen molar-refractivity contribution >= 4 is 11.8 Å². The first-order chi connectivity index (χ1) is 8.10. The summed E-state index contributed by atoms with van der Waals surface area (Å²) in [6, 6.07) is 0. The van der Waals surface area contributed by atoms with Crippen LogP contribution in [0.15, 0.2) is 11.6 Å². The number of hydrogen-bond acceptors (Lipinski definition) is 3. The van der Waals surface area contributed by atoms with Gasteiger partial charge in [-0.05, 0) is 32.3 Å². The maximum Gasteiger partial charge on any atom is 0.313 e. The number of carbonyl (C=O) groups is 2. The highest BCUT2D eigenvalue weighted by Gasteiger charge is 2.34. The average Bonchev–Trinajstić information content (AvgIpc) is 2.25. The molecule has 1 aliphatic rings. The van der Waals surface area contributed by atoms with Crippen molar-refractivity contribution in [2.75, 3.05) is 6.61 Å². The molecule has 0 N–H and O–H groups in total. The van der Waals surface area contributed by atoms with Crippen molar-refractivity contribution in [3.05, 3.63) is 11.6 Å². The third-order valence-corrected chi connectivity index (χ3v) is 3.28. The maximum atomic E-state index is 11.9. The molecule has 0 fully saturated rings. The zero-order chi connectivity index (χ0) is 12.8. The van der Waals surface area contributed by atoms with Gasteiger partial charge in [-0.1, -0.05) is 25.3 Å². The Morgan fingerprint density at radius 3 is 2.76 bits per heavy atom. The van der Waals surface area contributed by atoms with Crippen LogP contribution >= 0.6 is 0 Å². The molecular formula is C14H22O3. The van der Waals surface area contributed by atoms with E-state index in [1.54, 1.807) is 6.08 Å². The minimum absolute atomic E-state index is 0.131. The van der Waals surface area contributed by atoms with Crippen molar-refractivity contribution in [1.82, 2.24) is 0 Å². The Morgan fingerprint density at radius 2 is 2.18 bits per heavy atom. The zero-order valence-corrected chi connectivity index (χ0v) is 11.0. The third-order valence-electron chi connectivity index (χ3n) is 3.28. The van der Waals surface area contributed by atoms with Gasteiger partial charge in [-0.15, -0.1) is 0 Å². The van der Waals surface area contributed by atoms with Crippen LogP contribution < -0.4 is 0 Å². The first-order valence-corrected chi connectivity index (χ1v) is 6.47. The monoisotopic (exact) mass is 238 g/mol. The lowest BCUT2D eigenvalue weighted by molar-refractivity contribution is -0.149. The van der Waals surface area contributed by atoms with Crippen LogP contribution in [0.1, 0.15) is 46.5 Å². The van der Waals surface area contributed by atoms with Crippen LogP contribution in [0.5, 0.6) is 0 Å². The molecule has 0 aliphatic heterocycles. The van der Waals surface area contributed by atoms with E-state index in [0.29, 0.717) is 13.0 Å². The number of ether oxygens (including phenoxy) is 1. The summed E-state index contributed by atoms with van der Waals surface area (Å²) in [6.45, 7) is 6.19. The first kappa shape index (κ1) is 13.9. The van der Waals surface area contributed by atoms with E-state index >= 15 is 0 Å². The summed E-state index contributed by atoms with van der Waals surface area (Å²) in [4.78, 5) is 23.5. The van der Waals surface area contributed by atoms with Crippen molar-refractivity contribution < 1.29 is 14.3 Å². The lowest BCUT2D eigenvalue weighted by atomic mass is 9.76. The van der Waals surface area contributed by atoms with Gasteiger partial charge in [0.05, 0.1) is 12.5 Å². The fourth-order valence-corrected chi connectivity index (χ4v) is 2.50. The number of ketones is 1. The normalized spacial score (nSPS) is 24.4. The van der Waals surface area contributed by atoms with Gasteiger partial charge in [0, 0.05) is 6.42 Å². The van der Waals surface area contributed by atoms with E-state index in [9.17, 15) is 9.59 Å². The minimum atomic E-state index is -0.209. The molecule has 2 atom stereocenters. The number of allylic oxidation sites excluding steroid dienone is 1. The molecule has 0 saturated carbocycles. The third kappa shape index (κ3) is 3.69. The molecule has 0 aromatic heterocycles. The largest absolute Gasteiger partial charge is 0.466 e. The summed E-state index contributed by atoms with van der Waals surface area (Å²) in [5.74, 6) is -0.107. The molecule has 0 aromatic rings. The van der Waals surface area contributed by atoms with Crippen molar-refractivity contribution in [2.45, 2.75) is 46.5 Å². The molecule has 0 amide bonds. The predicted octanol–water partition coefficient (Wildman–Crippen LogP) is 2.89. The van der Waals surface area contributed by atoms with E-state index in [4.69, 9.17) is 4.74 Å². The molecule has 0 spiro atoms. The summed E-state index contributed by atoms with van der Waals surface area (Å²) >= 11 is 0. The summed E-state index contributed by atoms with van der Waals surface area (Å²) in [5, 5.41) is 0. The van der Waals surface area contributed by atoms with Crippen LogP contribution in [0.2, 0.25) is 0 Å². The van der Waals surface area contributed by atoms with Crippen LogP contribution in [0.25, 0.3) is 0 Å². The van der Waals surface area contributed by atoms with Crippen molar-refractivity contribution in [2.24, 2.45) is 11.8 Å². The van der Waals surface area contributed by atoms with Gasteiger partial charge in [-0.2, -0.15) is 0 Å². The molecule has 0 aromatic carbocycles. The molecule has 3 nitrogen and oxygen atoms in total. The standard InChI is InChI=1S/C14H22O3/c1-4-6-7-11-9-12(15)8-10(3)13(11)14(16)17-5-2/h8,11,13H,4-7,9H2,1-3H3/t11-,13-/m0/s1. The number of esters is 1. The fraction of sp³-hybridized carbons (Fsp3) is 0.714. The van der Waals surface area contributed by atoms with Gasteiger partial charge in [0.15, 0.2) is 5.78 Å². The Morgan fingerprint density at radius 1 is 1.47 bits per heavy atom. The Labute approximate surface area is 103 Å². The number of unbranched alkanes of at least 4 members (excludes halogenated alkanes) is 1. The molecule has 0 heterocycles. The van der Waals surface area contributed by atoms with Gasteiger partial charge in [-0.25, -0.2) is 0 Å². The van der Waals surface area contributed by atoms with E-state index in [2.05, 4.69) is 6.92 Å². The molecule has 0 radical (unpaired) electrons. The molecule has 0 saturated heterocycles. The summed E-state index contributed by atoms with van der Waals surface area (Å²) in [6.07, 6.45) is 5.16. The van der Waals surface area contributed by atoms with Gasteiger partial charge in [0.25, 0.3) is 0 Å². The first-order valence-electron chi connectivity index (χ1n) is 6.47. The molecule has 17 heavy (non-hydrogen) atoms. The Balaban J connectivity index is 2.81. The molecule has 3 heteroatoms. The van der Waals surface area contributed by atoms with Crippen LogP contribution in [-0.4, -0.2) is 18.4 Å². The van der Waals surface area contributed by atoms with Gasteiger partial charge >= 0.3 is 5.97 Å². The van der Waals surface area contributed by atoms with E-state index in [1.807, 2.05) is 13.8 Å². The quantitative estimate of drug-likeness (QED) is 0.692. The second kappa shape index (κ2) is 6.58. The van der Waals surface area contributed by atoms with E-state index in [-0.39, 0.29) is 23.6 Å². The highest BCUT2D eigenvalue weighted by Crippen LogP contribution is 2.33. The highest BCUT2D eigenvalue weighted by molar-refractivity contribution is 5.94. The lowest BCUT2D eigenvalue weighted by Gasteiger charge is -2.28. The molecule has 0 bridgehead atoms. The Bertz CT molecular complexity index is 317. The van der Waals surface area contributed by atoms with Crippen LogP contribution in [0, 0.1) is 11.8 Å². The summed E-state index contributed by atoms with van der Waals surface area (Å²) in [5.41, 5.74) is 0.862. The van der Waals surface area contributed by atoms with E-state index < -0.39 is 0 Å². The van der Waals surface area contributed by atoms with Gasteiger partial charge in [-0.3, -0.25) is 9.59 Å². The molecule has 1 rings (SSSR count). The molecule has 96 valence electrons. The van der Waals surface area contributed by atoms with Crippen molar-refractivity contribution in [3.8, 4) is 0 Å². The Kier molecular flexibility index (Phi) is 5.39. The highest BCUT2D eigenvalue weighted by atomic mass is 16.5. The second-order valence-corrected chi connectivity index (χ2v) is 4.69. The second-order valence-electron chi connectivity index (χ2n) is 4.69. The molecular weight excluding hydrogens is 216 g/mol. The van der Waals surface area contributed by atoms with Crippen molar-refractivity contribution in [1.29, 1.82) is 0 Å². The van der Waals surface area contributed by atoms with Crippen LogP contribution in [0.3, 0.4) is 0 Å². The zero-order valence-electron chi connectivity index (χ0n) is 11.0. The van der Waals surface area contributed by atoms with Gasteiger partial charge in [0.2, 0.25) is 0 Å². The van der Waals surface area contributed by atoms with E-state index in [0.717, 1.165) is 24.8 Å². The minimum Gasteiger partial charge on any atom is -0.466 e. The van der Waals surface area contributed by atoms with Gasteiger partial charge < -0.3 is 4.74 Å². The smallest absolute Gasteiger partial charge is 0.313 e. The summed E-state index contributed by atoms with van der Waals surface area (Å²) in [7, 11) is 0. The molecule has 0 unspecified atom stereocenters.